The molecule has 0 rings (SSSR count). The molecule has 0 aliphatic heterocycles. The Morgan fingerprint density at radius 3 is 2.29 bits per heavy atom. The lowest BCUT2D eigenvalue weighted by Crippen LogP contribution is -2.25. The van der Waals surface area contributed by atoms with Crippen LogP contribution in [0.5, 0.6) is 0 Å². The number of carbonyl (C=O) groups is 1. The predicted molar refractivity (Wildman–Crippen MR) is 69.5 cm³/mol. The summed E-state index contributed by atoms with van der Waals surface area (Å²) < 4.78 is 0. The molecule has 1 atom stereocenters. The highest BCUT2D eigenvalue weighted by molar-refractivity contribution is 6.33. The van der Waals surface area contributed by atoms with Crippen molar-refractivity contribution in [3.05, 3.63) is 0 Å². The minimum absolute atomic E-state index is 0.343. The van der Waals surface area contributed by atoms with Crippen LogP contribution in [0.1, 0.15) is 34.1 Å². The van der Waals surface area contributed by atoms with Gasteiger partial charge in [-0.25, -0.2) is 0 Å². The van der Waals surface area contributed by atoms with Crippen LogP contribution in [0.15, 0.2) is 4.99 Å². The SMILES string of the molecule is CC(C)CN=C(CC(C)C)C(C#N)C(=O)C=N. The highest BCUT2D eigenvalue weighted by Gasteiger charge is 2.22. The van der Waals surface area contributed by atoms with Crippen molar-refractivity contribution in [3.8, 4) is 6.07 Å². The third-order valence-electron chi connectivity index (χ3n) is 2.17. The van der Waals surface area contributed by atoms with Crippen LogP contribution in [0.3, 0.4) is 0 Å². The van der Waals surface area contributed by atoms with E-state index in [0.29, 0.717) is 36.7 Å². The molecule has 0 aromatic rings. The number of hydrogen-bond donors (Lipinski definition) is 1. The molecule has 94 valence electrons. The lowest BCUT2D eigenvalue weighted by molar-refractivity contribution is -0.113. The molecular weight excluding hydrogens is 214 g/mol. The van der Waals surface area contributed by atoms with E-state index in [1.54, 1.807) is 0 Å². The Morgan fingerprint density at radius 2 is 1.94 bits per heavy atom. The van der Waals surface area contributed by atoms with Gasteiger partial charge in [-0.05, 0) is 18.3 Å². The molecular formula is C13H21N3O. The average molecular weight is 235 g/mol. The van der Waals surface area contributed by atoms with Gasteiger partial charge < -0.3 is 5.41 Å². The number of nitrogens with one attached hydrogen (secondary N) is 1. The number of nitriles is 1. The second-order valence-electron chi connectivity index (χ2n) is 4.93. The molecule has 0 spiro atoms. The first-order chi connectivity index (χ1) is 7.92. The van der Waals surface area contributed by atoms with E-state index in [-0.39, 0.29) is 0 Å². The van der Waals surface area contributed by atoms with Crippen LogP contribution in [0.4, 0.5) is 0 Å². The van der Waals surface area contributed by atoms with Crippen LogP contribution >= 0.6 is 0 Å². The van der Waals surface area contributed by atoms with Gasteiger partial charge in [0, 0.05) is 12.3 Å². The largest absolute Gasteiger partial charge is 0.305 e. The zero-order valence-corrected chi connectivity index (χ0v) is 11.0. The van der Waals surface area contributed by atoms with Crippen LogP contribution < -0.4 is 0 Å². The summed E-state index contributed by atoms with van der Waals surface area (Å²) in [7, 11) is 0. The second kappa shape index (κ2) is 7.72. The van der Waals surface area contributed by atoms with Gasteiger partial charge in [-0.2, -0.15) is 5.26 Å². The van der Waals surface area contributed by atoms with E-state index >= 15 is 0 Å². The predicted octanol–water partition coefficient (Wildman–Crippen LogP) is 2.49. The summed E-state index contributed by atoms with van der Waals surface area (Å²) >= 11 is 0. The van der Waals surface area contributed by atoms with Gasteiger partial charge in [-0.1, -0.05) is 27.7 Å². The summed E-state index contributed by atoms with van der Waals surface area (Å²) in [5.74, 6) is -0.619. The maximum absolute atomic E-state index is 11.5. The van der Waals surface area contributed by atoms with Crippen LogP contribution in [0.2, 0.25) is 0 Å². The molecule has 0 aliphatic rings. The van der Waals surface area contributed by atoms with Gasteiger partial charge in [0.05, 0.1) is 12.3 Å². The smallest absolute Gasteiger partial charge is 0.195 e. The third-order valence-corrected chi connectivity index (χ3v) is 2.17. The molecule has 4 heteroatoms. The van der Waals surface area contributed by atoms with Gasteiger partial charge in [-0.3, -0.25) is 9.79 Å². The van der Waals surface area contributed by atoms with E-state index in [1.165, 1.54) is 0 Å². The van der Waals surface area contributed by atoms with Crippen molar-refractivity contribution in [2.45, 2.75) is 34.1 Å². The molecule has 0 fully saturated rings. The lowest BCUT2D eigenvalue weighted by atomic mass is 9.93. The van der Waals surface area contributed by atoms with Crippen molar-refractivity contribution in [1.29, 1.82) is 10.7 Å². The van der Waals surface area contributed by atoms with Crippen molar-refractivity contribution < 1.29 is 4.79 Å². The molecule has 0 saturated carbocycles. The van der Waals surface area contributed by atoms with E-state index in [0.717, 1.165) is 0 Å². The monoisotopic (exact) mass is 235 g/mol. The number of nitrogens with zero attached hydrogens (tertiary/aromatic N) is 2. The van der Waals surface area contributed by atoms with Gasteiger partial charge in [0.2, 0.25) is 0 Å². The first kappa shape index (κ1) is 15.5. The molecule has 0 radical (unpaired) electrons. The molecule has 0 amide bonds. The minimum atomic E-state index is -0.881. The Labute approximate surface area is 103 Å². The van der Waals surface area contributed by atoms with Crippen LogP contribution in [0.25, 0.3) is 0 Å². The Balaban J connectivity index is 5.00. The molecule has 0 bridgehead atoms. The fourth-order valence-electron chi connectivity index (χ4n) is 1.38. The Morgan fingerprint density at radius 1 is 1.35 bits per heavy atom. The van der Waals surface area contributed by atoms with Gasteiger partial charge in [0.15, 0.2) is 5.78 Å². The van der Waals surface area contributed by atoms with E-state index in [4.69, 9.17) is 10.7 Å². The van der Waals surface area contributed by atoms with Crippen LogP contribution in [-0.2, 0) is 4.79 Å². The van der Waals surface area contributed by atoms with E-state index in [2.05, 4.69) is 4.99 Å². The standard InChI is InChI=1S/C13H21N3O/c1-9(2)5-12(16-8-10(3)4)11(6-14)13(17)7-15/h7,9-11,15H,5,8H2,1-4H3. The first-order valence-corrected chi connectivity index (χ1v) is 5.89. The molecule has 4 nitrogen and oxygen atoms in total. The quantitative estimate of drug-likeness (QED) is 0.688. The molecule has 0 aromatic heterocycles. The normalized spacial score (nSPS) is 13.6. The lowest BCUT2D eigenvalue weighted by Gasteiger charge is -2.13. The Bertz CT molecular complexity index is 337. The van der Waals surface area contributed by atoms with Crippen molar-refractivity contribution >= 4 is 17.7 Å². The number of rotatable bonds is 7. The maximum Gasteiger partial charge on any atom is 0.195 e. The molecule has 17 heavy (non-hydrogen) atoms. The number of carbonyl (C=O) groups excluding carboxylic acids is 1. The summed E-state index contributed by atoms with van der Waals surface area (Å²) in [6, 6.07) is 1.95. The van der Waals surface area contributed by atoms with Crippen LogP contribution in [-0.4, -0.2) is 24.3 Å². The number of ketones is 1. The highest BCUT2D eigenvalue weighted by atomic mass is 16.1. The second-order valence-corrected chi connectivity index (χ2v) is 4.93. The number of Topliss-reactive ketones (excluding diaryl/α,β-unsaturated/α-hetero) is 1. The molecule has 0 aliphatic carbocycles. The minimum Gasteiger partial charge on any atom is -0.305 e. The molecule has 0 saturated heterocycles. The molecule has 0 aromatic carbocycles. The Kier molecular flexibility index (Phi) is 7.04. The fraction of sp³-hybridized carbons (Fsp3) is 0.692. The third kappa shape index (κ3) is 5.96. The summed E-state index contributed by atoms with van der Waals surface area (Å²) in [6.07, 6.45) is 1.34. The van der Waals surface area contributed by atoms with E-state index in [9.17, 15) is 4.79 Å². The summed E-state index contributed by atoms with van der Waals surface area (Å²) in [6.45, 7) is 8.74. The fourth-order valence-corrected chi connectivity index (χ4v) is 1.38. The van der Waals surface area contributed by atoms with Crippen molar-refractivity contribution in [2.24, 2.45) is 22.7 Å². The summed E-state index contributed by atoms with van der Waals surface area (Å²) in [4.78, 5) is 15.8. The zero-order chi connectivity index (χ0) is 13.4. The molecule has 1 N–H and O–H groups in total. The first-order valence-electron chi connectivity index (χ1n) is 5.89. The van der Waals surface area contributed by atoms with Gasteiger partial charge >= 0.3 is 0 Å². The van der Waals surface area contributed by atoms with Gasteiger partial charge in [-0.15, -0.1) is 0 Å². The van der Waals surface area contributed by atoms with Crippen molar-refractivity contribution in [1.82, 2.24) is 0 Å². The van der Waals surface area contributed by atoms with Gasteiger partial charge in [0.25, 0.3) is 0 Å². The highest BCUT2D eigenvalue weighted by Crippen LogP contribution is 2.11. The zero-order valence-electron chi connectivity index (χ0n) is 11.0. The van der Waals surface area contributed by atoms with E-state index < -0.39 is 11.7 Å². The number of hydrogen-bond acceptors (Lipinski definition) is 4. The molecule has 1 unspecified atom stereocenters. The van der Waals surface area contributed by atoms with Gasteiger partial charge in [0.1, 0.15) is 5.92 Å². The maximum atomic E-state index is 11.5. The topological polar surface area (TPSA) is 77.1 Å². The van der Waals surface area contributed by atoms with E-state index in [1.807, 2.05) is 33.8 Å². The average Bonchev–Trinajstić information content (AvgIpc) is 2.25. The summed E-state index contributed by atoms with van der Waals surface area (Å²) in [5.41, 5.74) is 0.615. The van der Waals surface area contributed by atoms with Crippen LogP contribution in [0, 0.1) is 34.5 Å². The van der Waals surface area contributed by atoms with Crippen molar-refractivity contribution in [2.75, 3.05) is 6.54 Å². The number of aliphatic imine (C=N–C) groups is 1. The Hall–Kier alpha value is -1.50. The van der Waals surface area contributed by atoms with Crippen molar-refractivity contribution in [3.63, 3.8) is 0 Å². The summed E-state index contributed by atoms with van der Waals surface area (Å²) in [5, 5.41) is 16.0. The molecule has 0 heterocycles.